The molecule has 1 aliphatic rings. The number of carbonyl (C=O) groups is 1. The molecule has 164 valence electrons. The highest BCUT2D eigenvalue weighted by Gasteiger charge is 2.36. The first-order valence-corrected chi connectivity index (χ1v) is 11.8. The summed E-state index contributed by atoms with van der Waals surface area (Å²) in [7, 11) is -3.98. The number of carbonyl (C=O) groups excluding carboxylic acids is 1. The zero-order chi connectivity index (χ0) is 21.7. The van der Waals surface area contributed by atoms with E-state index in [-0.39, 0.29) is 30.3 Å². The van der Waals surface area contributed by atoms with E-state index in [0.29, 0.717) is 22.8 Å². The predicted molar refractivity (Wildman–Crippen MR) is 107 cm³/mol. The van der Waals surface area contributed by atoms with Crippen LogP contribution in [0.15, 0.2) is 18.2 Å². The van der Waals surface area contributed by atoms with Gasteiger partial charge in [-0.15, -0.1) is 0 Å². The number of anilines is 1. The van der Waals surface area contributed by atoms with Crippen molar-refractivity contribution in [3.63, 3.8) is 0 Å². The van der Waals surface area contributed by atoms with Crippen LogP contribution in [0, 0.1) is 5.92 Å². The van der Waals surface area contributed by atoms with Gasteiger partial charge >= 0.3 is 6.18 Å². The minimum atomic E-state index is -4.76. The molecule has 0 radical (unpaired) electrons. The van der Waals surface area contributed by atoms with Gasteiger partial charge in [-0.2, -0.15) is 13.2 Å². The van der Waals surface area contributed by atoms with Gasteiger partial charge in [-0.25, -0.2) is 8.42 Å². The van der Waals surface area contributed by atoms with E-state index in [2.05, 4.69) is 5.32 Å². The molecule has 1 amide bonds. The van der Waals surface area contributed by atoms with Gasteiger partial charge in [0.15, 0.2) is 0 Å². The Bertz CT molecular complexity index is 809. The summed E-state index contributed by atoms with van der Waals surface area (Å²) in [4.78, 5) is 12.0. The molecule has 2 rings (SSSR count). The van der Waals surface area contributed by atoms with Crippen LogP contribution in [-0.2, 0) is 21.0 Å². The zero-order valence-electron chi connectivity index (χ0n) is 16.3. The quantitative estimate of drug-likeness (QED) is 0.624. The Labute approximate surface area is 174 Å². The van der Waals surface area contributed by atoms with Crippen molar-refractivity contribution in [2.75, 3.05) is 23.7 Å². The summed E-state index contributed by atoms with van der Waals surface area (Å²) in [5.41, 5.74) is -1.62. The Balaban J connectivity index is 2.01. The third-order valence-corrected chi connectivity index (χ3v) is 6.43. The van der Waals surface area contributed by atoms with E-state index in [4.69, 9.17) is 11.6 Å². The van der Waals surface area contributed by atoms with Crippen molar-refractivity contribution in [2.24, 2.45) is 5.92 Å². The van der Waals surface area contributed by atoms with Crippen molar-refractivity contribution >= 4 is 33.2 Å². The highest BCUT2D eigenvalue weighted by molar-refractivity contribution is 7.92. The fraction of sp³-hybridized carbons (Fsp3) is 0.632. The number of alkyl halides is 3. The lowest BCUT2D eigenvalue weighted by Crippen LogP contribution is -2.34. The second-order valence-electron chi connectivity index (χ2n) is 7.41. The minimum Gasteiger partial charge on any atom is -0.356 e. The summed E-state index contributed by atoms with van der Waals surface area (Å²) >= 11 is 5.67. The fourth-order valence-electron chi connectivity index (χ4n) is 3.54. The number of nitrogens with one attached hydrogen (secondary N) is 1. The zero-order valence-corrected chi connectivity index (χ0v) is 17.8. The van der Waals surface area contributed by atoms with E-state index < -0.39 is 27.5 Å². The number of amides is 1. The molecule has 0 atom stereocenters. The molecule has 0 heterocycles. The molecular formula is C19H26ClF3N2O3S. The van der Waals surface area contributed by atoms with Crippen molar-refractivity contribution < 1.29 is 26.4 Å². The Hall–Kier alpha value is -1.48. The molecule has 1 fully saturated rings. The van der Waals surface area contributed by atoms with Gasteiger partial charge in [0.1, 0.15) is 0 Å². The number of halogens is 4. The summed E-state index contributed by atoms with van der Waals surface area (Å²) in [6.45, 7) is 0.352. The number of nitrogens with zero attached hydrogens (tertiary/aromatic N) is 1. The number of hydrogen-bond acceptors (Lipinski definition) is 3. The predicted octanol–water partition coefficient (Wildman–Crippen LogP) is 4.60. The molecule has 1 saturated carbocycles. The maximum atomic E-state index is 13.4. The van der Waals surface area contributed by atoms with Crippen molar-refractivity contribution in [1.29, 1.82) is 0 Å². The Morgan fingerprint density at radius 3 is 2.48 bits per heavy atom. The second-order valence-corrected chi connectivity index (χ2v) is 9.75. The first-order chi connectivity index (χ1) is 13.5. The lowest BCUT2D eigenvalue weighted by atomic mass is 9.89. The average Bonchev–Trinajstić information content (AvgIpc) is 2.63. The van der Waals surface area contributed by atoms with Crippen LogP contribution >= 0.6 is 11.6 Å². The van der Waals surface area contributed by atoms with E-state index in [1.165, 1.54) is 12.5 Å². The maximum Gasteiger partial charge on any atom is 0.418 e. The molecule has 0 spiro atoms. The van der Waals surface area contributed by atoms with Crippen molar-refractivity contribution in [1.82, 2.24) is 5.32 Å². The largest absolute Gasteiger partial charge is 0.418 e. The van der Waals surface area contributed by atoms with Crippen molar-refractivity contribution in [2.45, 2.75) is 51.1 Å². The van der Waals surface area contributed by atoms with Crippen LogP contribution < -0.4 is 9.62 Å². The first-order valence-electron chi connectivity index (χ1n) is 9.59. The third kappa shape index (κ3) is 7.37. The molecule has 5 nitrogen and oxygen atoms in total. The Morgan fingerprint density at radius 2 is 1.90 bits per heavy atom. The summed E-state index contributed by atoms with van der Waals surface area (Å²) < 4.78 is 65.0. The van der Waals surface area contributed by atoms with Crippen LogP contribution in [0.4, 0.5) is 18.9 Å². The molecule has 29 heavy (non-hydrogen) atoms. The van der Waals surface area contributed by atoms with Gasteiger partial charge in [0.2, 0.25) is 15.9 Å². The molecule has 1 aromatic carbocycles. The molecule has 1 aliphatic carbocycles. The highest BCUT2D eigenvalue weighted by atomic mass is 35.5. The van der Waals surface area contributed by atoms with Gasteiger partial charge in [-0.1, -0.05) is 30.9 Å². The van der Waals surface area contributed by atoms with Crippen LogP contribution in [0.25, 0.3) is 0 Å². The summed E-state index contributed by atoms with van der Waals surface area (Å²) in [5.74, 6) is 0.236. The van der Waals surface area contributed by atoms with E-state index in [9.17, 15) is 26.4 Å². The third-order valence-electron chi connectivity index (χ3n) is 5.01. The first kappa shape index (κ1) is 23.8. The standard InChI is InChI=1S/C19H26ClF3N2O3S/c1-29(27,28)25(17-10-9-15(20)12-16(17)19(21,22)23)11-5-8-18(26)24-13-14-6-3-2-4-7-14/h9-10,12,14H,2-8,11,13H2,1H3,(H,24,26). The highest BCUT2D eigenvalue weighted by Crippen LogP contribution is 2.39. The van der Waals surface area contributed by atoms with E-state index in [1.54, 1.807) is 0 Å². The van der Waals surface area contributed by atoms with Crippen LogP contribution in [-0.4, -0.2) is 33.7 Å². The Kier molecular flexibility index (Phi) is 8.22. The van der Waals surface area contributed by atoms with Crippen LogP contribution in [0.2, 0.25) is 5.02 Å². The molecule has 0 unspecified atom stereocenters. The SMILES string of the molecule is CS(=O)(=O)N(CCCC(=O)NCC1CCCCC1)c1ccc(Cl)cc1C(F)(F)F. The van der Waals surface area contributed by atoms with Gasteiger partial charge in [-0.05, 0) is 43.4 Å². The van der Waals surface area contributed by atoms with Gasteiger partial charge in [-0.3, -0.25) is 9.10 Å². The molecule has 0 saturated heterocycles. The van der Waals surface area contributed by atoms with Gasteiger partial charge in [0, 0.05) is 24.5 Å². The number of sulfonamides is 1. The van der Waals surface area contributed by atoms with Crippen LogP contribution in [0.5, 0.6) is 0 Å². The van der Waals surface area contributed by atoms with Crippen LogP contribution in [0.3, 0.4) is 0 Å². The summed E-state index contributed by atoms with van der Waals surface area (Å²) in [6.07, 6.45) is 1.91. The van der Waals surface area contributed by atoms with Crippen molar-refractivity contribution in [3.05, 3.63) is 28.8 Å². The maximum absolute atomic E-state index is 13.4. The molecule has 0 aliphatic heterocycles. The van der Waals surface area contributed by atoms with Gasteiger partial charge in [0.25, 0.3) is 0 Å². The monoisotopic (exact) mass is 454 g/mol. The second kappa shape index (κ2) is 10.0. The van der Waals surface area contributed by atoms with Crippen LogP contribution in [0.1, 0.15) is 50.5 Å². The minimum absolute atomic E-state index is 0.0354. The van der Waals surface area contributed by atoms with Crippen molar-refractivity contribution in [3.8, 4) is 0 Å². The molecular weight excluding hydrogens is 429 g/mol. The van der Waals surface area contributed by atoms with Gasteiger partial charge in [0.05, 0.1) is 17.5 Å². The van der Waals surface area contributed by atoms with E-state index in [1.807, 2.05) is 0 Å². The topological polar surface area (TPSA) is 66.5 Å². The summed E-state index contributed by atoms with van der Waals surface area (Å²) in [5, 5.41) is 2.70. The molecule has 0 bridgehead atoms. The number of hydrogen-bond donors (Lipinski definition) is 1. The fourth-order valence-corrected chi connectivity index (χ4v) is 4.69. The normalized spacial score (nSPS) is 15.9. The van der Waals surface area contributed by atoms with E-state index >= 15 is 0 Å². The average molecular weight is 455 g/mol. The van der Waals surface area contributed by atoms with Gasteiger partial charge < -0.3 is 5.32 Å². The molecule has 1 N–H and O–H groups in total. The Morgan fingerprint density at radius 1 is 1.24 bits per heavy atom. The smallest absolute Gasteiger partial charge is 0.356 e. The lowest BCUT2D eigenvalue weighted by molar-refractivity contribution is -0.137. The number of rotatable bonds is 8. The molecule has 0 aromatic heterocycles. The molecule has 10 heteroatoms. The lowest BCUT2D eigenvalue weighted by Gasteiger charge is -2.26. The van der Waals surface area contributed by atoms with E-state index in [0.717, 1.165) is 38.0 Å². The number of benzene rings is 1. The summed E-state index contributed by atoms with van der Waals surface area (Å²) in [6, 6.07) is 2.95. The molecule has 1 aromatic rings.